The second-order valence-corrected chi connectivity index (χ2v) is 5.74. The minimum Gasteiger partial charge on any atom is -0.496 e. The van der Waals surface area contributed by atoms with Gasteiger partial charge < -0.3 is 19.9 Å². The Labute approximate surface area is 127 Å². The molecule has 0 aliphatic heterocycles. The van der Waals surface area contributed by atoms with Crippen molar-refractivity contribution in [3.05, 3.63) is 29.3 Å². The van der Waals surface area contributed by atoms with Gasteiger partial charge in [-0.2, -0.15) is 0 Å². The van der Waals surface area contributed by atoms with Gasteiger partial charge in [-0.05, 0) is 31.9 Å². The molecule has 118 valence electrons. The van der Waals surface area contributed by atoms with E-state index < -0.39 is 6.10 Å². The molecule has 1 saturated carbocycles. The number of rotatable bonds is 8. The summed E-state index contributed by atoms with van der Waals surface area (Å²) in [6, 6.07) is 5.86. The van der Waals surface area contributed by atoms with Gasteiger partial charge in [0.2, 0.25) is 0 Å². The minimum absolute atomic E-state index is 0.452. The Kier molecular flexibility index (Phi) is 6.49. The van der Waals surface area contributed by atoms with Crippen molar-refractivity contribution < 1.29 is 14.6 Å². The largest absolute Gasteiger partial charge is 0.496 e. The normalized spacial score (nSPS) is 17.1. The van der Waals surface area contributed by atoms with Crippen LogP contribution in [0, 0.1) is 6.92 Å². The van der Waals surface area contributed by atoms with Gasteiger partial charge in [-0.25, -0.2) is 0 Å². The number of methoxy groups -OCH3 is 1. The Hall–Kier alpha value is -1.10. The highest BCUT2D eigenvalue weighted by Crippen LogP contribution is 2.25. The molecule has 1 aliphatic rings. The molecule has 0 spiro atoms. The van der Waals surface area contributed by atoms with Crippen molar-refractivity contribution >= 4 is 0 Å². The monoisotopic (exact) mass is 293 g/mol. The van der Waals surface area contributed by atoms with Crippen molar-refractivity contribution in [2.24, 2.45) is 0 Å². The van der Waals surface area contributed by atoms with Gasteiger partial charge in [0.05, 0.1) is 25.9 Å². The van der Waals surface area contributed by atoms with Crippen LogP contribution in [0.2, 0.25) is 0 Å². The number of benzene rings is 1. The van der Waals surface area contributed by atoms with Crippen LogP contribution in [0.4, 0.5) is 0 Å². The first-order valence-corrected chi connectivity index (χ1v) is 7.85. The molecule has 4 heteroatoms. The predicted octanol–water partition coefficient (Wildman–Crippen LogP) is 2.59. The lowest BCUT2D eigenvalue weighted by molar-refractivity contribution is 0.0584. The number of hydrogen-bond donors (Lipinski definition) is 2. The number of aliphatic hydroxyl groups is 1. The fourth-order valence-electron chi connectivity index (χ4n) is 2.82. The number of nitrogens with one attached hydrogen (secondary N) is 1. The summed E-state index contributed by atoms with van der Waals surface area (Å²) in [6.07, 6.45) is 4.88. The predicted molar refractivity (Wildman–Crippen MR) is 83.8 cm³/mol. The molecule has 0 radical (unpaired) electrons. The summed E-state index contributed by atoms with van der Waals surface area (Å²) in [4.78, 5) is 0. The summed E-state index contributed by atoms with van der Waals surface area (Å²) in [5, 5.41) is 13.5. The smallest absolute Gasteiger partial charge is 0.124 e. The summed E-state index contributed by atoms with van der Waals surface area (Å²) in [7, 11) is 1.63. The van der Waals surface area contributed by atoms with E-state index in [2.05, 4.69) is 5.32 Å². The zero-order chi connectivity index (χ0) is 15.1. The van der Waals surface area contributed by atoms with Gasteiger partial charge in [-0.1, -0.05) is 24.5 Å². The molecular formula is C17H27NO3. The van der Waals surface area contributed by atoms with Crippen molar-refractivity contribution in [1.29, 1.82) is 0 Å². The van der Waals surface area contributed by atoms with Crippen LogP contribution in [0.1, 0.15) is 42.9 Å². The van der Waals surface area contributed by atoms with Crippen LogP contribution in [0.25, 0.3) is 0 Å². The van der Waals surface area contributed by atoms with Gasteiger partial charge in [0, 0.05) is 18.7 Å². The van der Waals surface area contributed by atoms with Crippen LogP contribution in [-0.2, 0) is 4.74 Å². The van der Waals surface area contributed by atoms with Crippen LogP contribution in [0.3, 0.4) is 0 Å². The highest BCUT2D eigenvalue weighted by Gasteiger charge is 2.15. The Bertz CT molecular complexity index is 430. The second-order valence-electron chi connectivity index (χ2n) is 5.74. The van der Waals surface area contributed by atoms with Gasteiger partial charge in [-0.15, -0.1) is 0 Å². The molecular weight excluding hydrogens is 266 g/mol. The average molecular weight is 293 g/mol. The summed E-state index contributed by atoms with van der Waals surface area (Å²) < 4.78 is 11.1. The molecule has 0 bridgehead atoms. The summed E-state index contributed by atoms with van der Waals surface area (Å²) in [5.41, 5.74) is 1.95. The molecule has 0 saturated heterocycles. The third kappa shape index (κ3) is 4.99. The quantitative estimate of drug-likeness (QED) is 0.723. The third-order valence-electron chi connectivity index (χ3n) is 4.02. The van der Waals surface area contributed by atoms with E-state index in [0.29, 0.717) is 19.3 Å². The molecule has 21 heavy (non-hydrogen) atoms. The maximum atomic E-state index is 10.3. The molecule has 1 aliphatic carbocycles. The van der Waals surface area contributed by atoms with Gasteiger partial charge in [-0.3, -0.25) is 0 Å². The van der Waals surface area contributed by atoms with Gasteiger partial charge in [0.15, 0.2) is 0 Å². The minimum atomic E-state index is -0.564. The van der Waals surface area contributed by atoms with Gasteiger partial charge >= 0.3 is 0 Å². The fraction of sp³-hybridized carbons (Fsp3) is 0.647. The molecule has 0 amide bonds. The zero-order valence-corrected chi connectivity index (χ0v) is 13.1. The molecule has 2 rings (SSSR count). The first-order valence-electron chi connectivity index (χ1n) is 7.85. The fourth-order valence-corrected chi connectivity index (χ4v) is 2.82. The molecule has 2 N–H and O–H groups in total. The van der Waals surface area contributed by atoms with E-state index in [4.69, 9.17) is 9.47 Å². The van der Waals surface area contributed by atoms with E-state index in [1.165, 1.54) is 25.7 Å². The number of aliphatic hydroxyl groups excluding tert-OH is 1. The van der Waals surface area contributed by atoms with E-state index in [-0.39, 0.29) is 0 Å². The third-order valence-corrected chi connectivity index (χ3v) is 4.02. The maximum absolute atomic E-state index is 10.3. The van der Waals surface area contributed by atoms with Crippen LogP contribution in [0.5, 0.6) is 5.75 Å². The van der Waals surface area contributed by atoms with E-state index >= 15 is 0 Å². The Balaban J connectivity index is 1.71. The van der Waals surface area contributed by atoms with Crippen LogP contribution in [0.15, 0.2) is 18.2 Å². The van der Waals surface area contributed by atoms with Crippen molar-refractivity contribution in [3.8, 4) is 5.75 Å². The van der Waals surface area contributed by atoms with Crippen molar-refractivity contribution in [3.63, 3.8) is 0 Å². The van der Waals surface area contributed by atoms with Crippen LogP contribution >= 0.6 is 0 Å². The Morgan fingerprint density at radius 3 is 2.81 bits per heavy atom. The molecule has 1 unspecified atom stereocenters. The van der Waals surface area contributed by atoms with E-state index in [1.54, 1.807) is 7.11 Å². The Morgan fingerprint density at radius 2 is 2.10 bits per heavy atom. The molecule has 1 fully saturated rings. The average Bonchev–Trinajstić information content (AvgIpc) is 3.00. The SMILES string of the molecule is COc1ccc(C)cc1C(O)CNCCOC1CCCC1. The van der Waals surface area contributed by atoms with Crippen LogP contribution < -0.4 is 10.1 Å². The lowest BCUT2D eigenvalue weighted by atomic mass is 10.1. The lowest BCUT2D eigenvalue weighted by Crippen LogP contribution is -2.26. The summed E-state index contributed by atoms with van der Waals surface area (Å²) in [5.74, 6) is 0.733. The molecule has 0 heterocycles. The van der Waals surface area contributed by atoms with Gasteiger partial charge in [0.25, 0.3) is 0 Å². The topological polar surface area (TPSA) is 50.7 Å². The molecule has 0 aromatic heterocycles. The molecule has 1 atom stereocenters. The lowest BCUT2D eigenvalue weighted by Gasteiger charge is -2.17. The van der Waals surface area contributed by atoms with Crippen molar-refractivity contribution in [2.45, 2.75) is 44.8 Å². The standard InChI is InChI=1S/C17H27NO3/c1-13-7-8-17(20-2)15(11-13)16(19)12-18-9-10-21-14-5-3-4-6-14/h7-8,11,14,16,18-19H,3-6,9-10,12H2,1-2H3. The highest BCUT2D eigenvalue weighted by molar-refractivity contribution is 5.38. The van der Waals surface area contributed by atoms with Crippen molar-refractivity contribution in [1.82, 2.24) is 5.32 Å². The molecule has 1 aromatic rings. The first-order chi connectivity index (χ1) is 10.2. The summed E-state index contributed by atoms with van der Waals surface area (Å²) >= 11 is 0. The maximum Gasteiger partial charge on any atom is 0.124 e. The highest BCUT2D eigenvalue weighted by atomic mass is 16.5. The zero-order valence-electron chi connectivity index (χ0n) is 13.1. The number of aryl methyl sites for hydroxylation is 1. The van der Waals surface area contributed by atoms with E-state index in [9.17, 15) is 5.11 Å². The molecule has 1 aromatic carbocycles. The molecule has 4 nitrogen and oxygen atoms in total. The first kappa shape index (κ1) is 16.3. The number of ether oxygens (including phenoxy) is 2. The van der Waals surface area contributed by atoms with Gasteiger partial charge in [0.1, 0.15) is 5.75 Å². The van der Waals surface area contributed by atoms with E-state index in [1.807, 2.05) is 25.1 Å². The number of hydrogen-bond acceptors (Lipinski definition) is 4. The Morgan fingerprint density at radius 1 is 1.33 bits per heavy atom. The second kappa shape index (κ2) is 8.37. The van der Waals surface area contributed by atoms with Crippen molar-refractivity contribution in [2.75, 3.05) is 26.8 Å². The summed E-state index contributed by atoms with van der Waals surface area (Å²) in [6.45, 7) is 4.00. The van der Waals surface area contributed by atoms with E-state index in [0.717, 1.165) is 23.4 Å². The van der Waals surface area contributed by atoms with Crippen LogP contribution in [-0.4, -0.2) is 38.0 Å².